The maximum absolute atomic E-state index is 11.6. The lowest BCUT2D eigenvalue weighted by molar-refractivity contribution is -0.156. The zero-order valence-electron chi connectivity index (χ0n) is 12.6. The topological polar surface area (TPSA) is 78.6 Å². The predicted octanol–water partition coefficient (Wildman–Crippen LogP) is 1.94. The number of hydrogen-bond acceptors (Lipinski definition) is 5. The van der Waals surface area contributed by atoms with Crippen molar-refractivity contribution in [3.8, 4) is 0 Å². The molecule has 0 aliphatic rings. The minimum Gasteiger partial charge on any atom is -0.459 e. The van der Waals surface area contributed by atoms with E-state index >= 15 is 0 Å². The Balaban J connectivity index is 4.19. The Labute approximate surface area is 115 Å². The van der Waals surface area contributed by atoms with E-state index in [9.17, 15) is 9.59 Å². The highest BCUT2D eigenvalue weighted by Crippen LogP contribution is 2.10. The van der Waals surface area contributed by atoms with Crippen molar-refractivity contribution in [2.45, 2.75) is 65.2 Å². The van der Waals surface area contributed by atoms with Gasteiger partial charge in [-0.15, -0.1) is 0 Å². The van der Waals surface area contributed by atoms with Gasteiger partial charge >= 0.3 is 11.9 Å². The van der Waals surface area contributed by atoms with Gasteiger partial charge in [0.15, 0.2) is 0 Å². The fourth-order valence-electron chi connectivity index (χ4n) is 1.12. The van der Waals surface area contributed by atoms with Crippen LogP contribution in [-0.2, 0) is 19.1 Å². The molecule has 0 fully saturated rings. The summed E-state index contributed by atoms with van der Waals surface area (Å²) in [6, 6.07) is -0.780. The largest absolute Gasteiger partial charge is 0.459 e. The Hall–Kier alpha value is -1.36. The number of hydrogen-bond donors (Lipinski definition) is 1. The molecule has 5 heteroatoms. The van der Waals surface area contributed by atoms with Crippen molar-refractivity contribution in [3.63, 3.8) is 0 Å². The lowest BCUT2D eigenvalue weighted by Crippen LogP contribution is -2.37. The standard InChI is InChI=1S/C14H25NO4/c1-13(2,3)18-11(16)9-7-8-10(15)12(17)19-14(4,5)6/h7,9-10H,8,15H2,1-6H3. The number of carbonyl (C=O) groups excluding carboxylic acids is 2. The number of carbonyl (C=O) groups is 2. The highest BCUT2D eigenvalue weighted by atomic mass is 16.6. The lowest BCUT2D eigenvalue weighted by Gasteiger charge is -2.21. The highest BCUT2D eigenvalue weighted by molar-refractivity contribution is 5.82. The molecule has 0 rings (SSSR count). The van der Waals surface area contributed by atoms with Crippen molar-refractivity contribution in [2.75, 3.05) is 0 Å². The minimum absolute atomic E-state index is 0.230. The van der Waals surface area contributed by atoms with Crippen LogP contribution in [0.4, 0.5) is 0 Å². The number of nitrogens with two attached hydrogens (primary N) is 1. The molecule has 0 radical (unpaired) electrons. The van der Waals surface area contributed by atoms with Gasteiger partial charge in [-0.2, -0.15) is 0 Å². The molecule has 0 aromatic rings. The Kier molecular flexibility index (Phi) is 6.22. The van der Waals surface area contributed by atoms with Crippen LogP contribution >= 0.6 is 0 Å². The van der Waals surface area contributed by atoms with Crippen molar-refractivity contribution in [1.29, 1.82) is 0 Å². The molecule has 1 unspecified atom stereocenters. The van der Waals surface area contributed by atoms with E-state index in [0.29, 0.717) is 0 Å². The number of esters is 2. The van der Waals surface area contributed by atoms with Crippen LogP contribution in [0, 0.1) is 0 Å². The van der Waals surface area contributed by atoms with Gasteiger partial charge in [0, 0.05) is 6.08 Å². The second-order valence-corrected chi connectivity index (χ2v) is 6.31. The smallest absolute Gasteiger partial charge is 0.330 e. The summed E-state index contributed by atoms with van der Waals surface area (Å²) in [5, 5.41) is 0. The van der Waals surface area contributed by atoms with E-state index in [4.69, 9.17) is 15.2 Å². The van der Waals surface area contributed by atoms with E-state index in [0.717, 1.165) is 0 Å². The molecule has 1 atom stereocenters. The summed E-state index contributed by atoms with van der Waals surface area (Å²) < 4.78 is 10.2. The maximum atomic E-state index is 11.6. The molecule has 0 amide bonds. The first-order valence-electron chi connectivity index (χ1n) is 6.29. The molecule has 0 heterocycles. The van der Waals surface area contributed by atoms with Crippen LogP contribution in [0.2, 0.25) is 0 Å². The average Bonchev–Trinajstić information content (AvgIpc) is 2.11. The molecule has 0 aromatic carbocycles. The van der Waals surface area contributed by atoms with Crippen LogP contribution in [0.1, 0.15) is 48.0 Å². The second-order valence-electron chi connectivity index (χ2n) is 6.31. The summed E-state index contributed by atoms with van der Waals surface area (Å²) in [5.41, 5.74) is 4.56. The summed E-state index contributed by atoms with van der Waals surface area (Å²) >= 11 is 0. The molecule has 0 aliphatic carbocycles. The van der Waals surface area contributed by atoms with Crippen LogP contribution in [-0.4, -0.2) is 29.2 Å². The molecule has 5 nitrogen and oxygen atoms in total. The summed E-state index contributed by atoms with van der Waals surface area (Å²) in [4.78, 5) is 22.9. The molecule has 0 aliphatic heterocycles. The van der Waals surface area contributed by atoms with Gasteiger partial charge in [0.25, 0.3) is 0 Å². The normalized spacial score (nSPS) is 14.3. The van der Waals surface area contributed by atoms with Crippen LogP contribution in [0.25, 0.3) is 0 Å². The SMILES string of the molecule is CC(C)(C)OC(=O)C=CCC(N)C(=O)OC(C)(C)C. The predicted molar refractivity (Wildman–Crippen MR) is 73.4 cm³/mol. The van der Waals surface area contributed by atoms with E-state index in [1.807, 2.05) is 0 Å². The molecule has 0 spiro atoms. The van der Waals surface area contributed by atoms with Gasteiger partial charge in [-0.25, -0.2) is 4.79 Å². The first-order chi connectivity index (χ1) is 8.41. The van der Waals surface area contributed by atoms with Crippen molar-refractivity contribution >= 4 is 11.9 Å². The van der Waals surface area contributed by atoms with Gasteiger partial charge in [0.1, 0.15) is 17.2 Å². The van der Waals surface area contributed by atoms with E-state index < -0.39 is 29.2 Å². The Morgan fingerprint density at radius 2 is 1.53 bits per heavy atom. The quantitative estimate of drug-likeness (QED) is 0.624. The molecule has 0 aromatic heterocycles. The third-order valence-corrected chi connectivity index (χ3v) is 1.76. The van der Waals surface area contributed by atoms with Gasteiger partial charge in [-0.05, 0) is 48.0 Å². The van der Waals surface area contributed by atoms with Crippen molar-refractivity contribution in [1.82, 2.24) is 0 Å². The van der Waals surface area contributed by atoms with Crippen LogP contribution < -0.4 is 5.73 Å². The summed E-state index contributed by atoms with van der Waals surface area (Å²) in [7, 11) is 0. The molecule has 2 N–H and O–H groups in total. The molecule has 0 saturated carbocycles. The zero-order valence-corrected chi connectivity index (χ0v) is 12.6. The lowest BCUT2D eigenvalue weighted by atomic mass is 10.1. The van der Waals surface area contributed by atoms with Crippen molar-refractivity contribution in [2.24, 2.45) is 5.73 Å². The first kappa shape index (κ1) is 17.6. The first-order valence-corrected chi connectivity index (χ1v) is 6.29. The van der Waals surface area contributed by atoms with Crippen LogP contribution in [0.5, 0.6) is 0 Å². The van der Waals surface area contributed by atoms with Crippen molar-refractivity contribution < 1.29 is 19.1 Å². The van der Waals surface area contributed by atoms with Crippen LogP contribution in [0.15, 0.2) is 12.2 Å². The Bertz CT molecular complexity index is 347. The van der Waals surface area contributed by atoms with Gasteiger partial charge in [0.05, 0.1) is 0 Å². The molecular weight excluding hydrogens is 246 g/mol. The molecule has 0 bridgehead atoms. The molecule has 110 valence electrons. The fourth-order valence-corrected chi connectivity index (χ4v) is 1.12. The van der Waals surface area contributed by atoms with Crippen molar-refractivity contribution in [3.05, 3.63) is 12.2 Å². The van der Waals surface area contributed by atoms with Gasteiger partial charge in [-0.3, -0.25) is 4.79 Å². The van der Waals surface area contributed by atoms with E-state index in [1.165, 1.54) is 12.2 Å². The summed E-state index contributed by atoms with van der Waals surface area (Å²) in [5.74, 6) is -0.940. The Morgan fingerprint density at radius 3 is 1.95 bits per heavy atom. The third-order valence-electron chi connectivity index (χ3n) is 1.76. The van der Waals surface area contributed by atoms with Crippen LogP contribution in [0.3, 0.4) is 0 Å². The number of ether oxygens (including phenoxy) is 2. The number of rotatable bonds is 4. The zero-order chi connectivity index (χ0) is 15.3. The van der Waals surface area contributed by atoms with Gasteiger partial charge in [0.2, 0.25) is 0 Å². The highest BCUT2D eigenvalue weighted by Gasteiger charge is 2.21. The minimum atomic E-state index is -0.780. The fraction of sp³-hybridized carbons (Fsp3) is 0.714. The second kappa shape index (κ2) is 6.70. The van der Waals surface area contributed by atoms with Gasteiger partial charge < -0.3 is 15.2 Å². The summed E-state index contributed by atoms with van der Waals surface area (Å²) in [6.07, 6.45) is 3.02. The average molecular weight is 271 g/mol. The third kappa shape index (κ3) is 10.3. The van der Waals surface area contributed by atoms with E-state index in [-0.39, 0.29) is 6.42 Å². The molecule has 19 heavy (non-hydrogen) atoms. The van der Waals surface area contributed by atoms with E-state index in [2.05, 4.69) is 0 Å². The monoisotopic (exact) mass is 271 g/mol. The Morgan fingerprint density at radius 1 is 1.05 bits per heavy atom. The van der Waals surface area contributed by atoms with Gasteiger partial charge in [-0.1, -0.05) is 6.08 Å². The molecule has 0 saturated heterocycles. The molecular formula is C14H25NO4. The maximum Gasteiger partial charge on any atom is 0.330 e. The summed E-state index contributed by atoms with van der Waals surface area (Å²) in [6.45, 7) is 10.7. The van der Waals surface area contributed by atoms with E-state index in [1.54, 1.807) is 41.5 Å².